The molecule has 0 fully saturated rings. The second-order valence-corrected chi connectivity index (χ2v) is 1.76. The van der Waals surface area contributed by atoms with Crippen LogP contribution in [0, 0.1) is 6.07 Å². The molecule has 2 nitrogen and oxygen atoms in total. The van der Waals surface area contributed by atoms with Gasteiger partial charge in [-0.25, -0.2) is 0 Å². The molecule has 0 amide bonds. The number of aromatic hydroxyl groups is 1. The van der Waals surface area contributed by atoms with E-state index in [0.717, 1.165) is 0 Å². The predicted molar refractivity (Wildman–Crippen MR) is 32.9 cm³/mol. The molecule has 0 saturated carbocycles. The van der Waals surface area contributed by atoms with Gasteiger partial charge in [0.05, 0.1) is 6.61 Å². The van der Waals surface area contributed by atoms with Gasteiger partial charge < -0.3 is 10.2 Å². The van der Waals surface area contributed by atoms with Gasteiger partial charge >= 0.3 is 0 Å². The lowest BCUT2D eigenvalue weighted by molar-refractivity contribution is 0.281. The molecular weight excluding hydrogens is 116 g/mol. The van der Waals surface area contributed by atoms with E-state index in [2.05, 4.69) is 6.07 Å². The van der Waals surface area contributed by atoms with Gasteiger partial charge in [-0.1, -0.05) is 0 Å². The van der Waals surface area contributed by atoms with Crippen molar-refractivity contribution < 1.29 is 10.2 Å². The fourth-order valence-corrected chi connectivity index (χ4v) is 0.599. The zero-order chi connectivity index (χ0) is 6.69. The van der Waals surface area contributed by atoms with Crippen LogP contribution in [0.15, 0.2) is 18.2 Å². The normalized spacial score (nSPS) is 9.44. The van der Waals surface area contributed by atoms with E-state index in [4.69, 9.17) is 10.2 Å². The maximum Gasteiger partial charge on any atom is 0.116 e. The van der Waals surface area contributed by atoms with Gasteiger partial charge in [0.2, 0.25) is 0 Å². The Kier molecular flexibility index (Phi) is 1.70. The van der Waals surface area contributed by atoms with Gasteiger partial charge in [-0.15, -0.1) is 0 Å². The van der Waals surface area contributed by atoms with E-state index in [1.165, 1.54) is 12.1 Å². The van der Waals surface area contributed by atoms with Crippen LogP contribution in [0.4, 0.5) is 0 Å². The number of aliphatic hydroxyl groups is 1. The Balaban J connectivity index is 2.94. The van der Waals surface area contributed by atoms with Crippen LogP contribution in [-0.4, -0.2) is 10.2 Å². The fraction of sp³-hybridized carbons (Fsp3) is 0.143. The van der Waals surface area contributed by atoms with Gasteiger partial charge in [-0.3, -0.25) is 0 Å². The van der Waals surface area contributed by atoms with Gasteiger partial charge in [0.25, 0.3) is 0 Å². The van der Waals surface area contributed by atoms with Crippen molar-refractivity contribution in [3.63, 3.8) is 0 Å². The van der Waals surface area contributed by atoms with E-state index in [1.54, 1.807) is 6.07 Å². The van der Waals surface area contributed by atoms with Crippen molar-refractivity contribution in [3.8, 4) is 5.75 Å². The molecule has 1 aromatic rings. The molecule has 0 aliphatic carbocycles. The van der Waals surface area contributed by atoms with Crippen molar-refractivity contribution in [3.05, 3.63) is 29.8 Å². The molecule has 2 heteroatoms. The summed E-state index contributed by atoms with van der Waals surface area (Å²) in [5.74, 6) is 0.140. The van der Waals surface area contributed by atoms with E-state index < -0.39 is 0 Å². The average Bonchev–Trinajstić information content (AvgIpc) is 1.88. The summed E-state index contributed by atoms with van der Waals surface area (Å²) in [6.07, 6.45) is 0. The molecule has 0 aliphatic rings. The first-order valence-electron chi connectivity index (χ1n) is 2.63. The molecular formula is C7H7O2. The van der Waals surface area contributed by atoms with Crippen LogP contribution in [0.25, 0.3) is 0 Å². The van der Waals surface area contributed by atoms with E-state index in [1.807, 2.05) is 0 Å². The van der Waals surface area contributed by atoms with Crippen LogP contribution in [0.1, 0.15) is 5.56 Å². The van der Waals surface area contributed by atoms with Crippen molar-refractivity contribution in [2.24, 2.45) is 0 Å². The molecule has 47 valence electrons. The van der Waals surface area contributed by atoms with Crippen molar-refractivity contribution in [1.82, 2.24) is 0 Å². The second-order valence-electron chi connectivity index (χ2n) is 1.76. The minimum absolute atomic E-state index is 0.0507. The van der Waals surface area contributed by atoms with E-state index in [9.17, 15) is 0 Å². The predicted octanol–water partition coefficient (Wildman–Crippen LogP) is 0.685. The summed E-state index contributed by atoms with van der Waals surface area (Å²) >= 11 is 0. The molecule has 0 bridgehead atoms. The monoisotopic (exact) mass is 123 g/mol. The van der Waals surface area contributed by atoms with Gasteiger partial charge in [0.1, 0.15) is 5.75 Å². The maximum absolute atomic E-state index is 8.80. The summed E-state index contributed by atoms with van der Waals surface area (Å²) in [6.45, 7) is -0.0507. The second kappa shape index (κ2) is 2.51. The standard InChI is InChI=1S/C7H7O2/c8-5-6-2-1-3-7(9)4-6/h2-4,8-9H,5H2. The molecule has 0 spiro atoms. The van der Waals surface area contributed by atoms with Gasteiger partial charge in [-0.2, -0.15) is 0 Å². The summed E-state index contributed by atoms with van der Waals surface area (Å²) in [5.41, 5.74) is 0.676. The Bertz CT molecular complexity index is 196. The summed E-state index contributed by atoms with van der Waals surface area (Å²) in [5, 5.41) is 17.3. The molecule has 0 atom stereocenters. The summed E-state index contributed by atoms with van der Waals surface area (Å²) < 4.78 is 0. The minimum atomic E-state index is -0.0507. The highest BCUT2D eigenvalue weighted by atomic mass is 16.3. The van der Waals surface area contributed by atoms with Crippen molar-refractivity contribution in [2.45, 2.75) is 6.61 Å². The fourth-order valence-electron chi connectivity index (χ4n) is 0.599. The third-order valence-electron chi connectivity index (χ3n) is 1.02. The van der Waals surface area contributed by atoms with E-state index >= 15 is 0 Å². The molecule has 9 heavy (non-hydrogen) atoms. The number of benzene rings is 1. The maximum atomic E-state index is 8.80. The zero-order valence-electron chi connectivity index (χ0n) is 4.83. The molecule has 1 radical (unpaired) electrons. The quantitative estimate of drug-likeness (QED) is 0.576. The third-order valence-corrected chi connectivity index (χ3v) is 1.02. The number of phenols is 1. The van der Waals surface area contributed by atoms with Gasteiger partial charge in [0.15, 0.2) is 0 Å². The average molecular weight is 123 g/mol. The zero-order valence-corrected chi connectivity index (χ0v) is 4.83. The van der Waals surface area contributed by atoms with E-state index in [-0.39, 0.29) is 12.4 Å². The number of phenolic OH excluding ortho intramolecular Hbond substituents is 1. The Labute approximate surface area is 53.4 Å². The van der Waals surface area contributed by atoms with Crippen LogP contribution in [-0.2, 0) is 6.61 Å². The minimum Gasteiger partial charge on any atom is -0.508 e. The number of hydrogen-bond acceptors (Lipinski definition) is 2. The topological polar surface area (TPSA) is 40.5 Å². The first-order valence-corrected chi connectivity index (χ1v) is 2.63. The number of rotatable bonds is 1. The summed E-state index contributed by atoms with van der Waals surface area (Å²) in [7, 11) is 0. The largest absolute Gasteiger partial charge is 0.508 e. The van der Waals surface area contributed by atoms with Crippen LogP contribution in [0.3, 0.4) is 0 Å². The highest BCUT2D eigenvalue weighted by molar-refractivity contribution is 5.25. The van der Waals surface area contributed by atoms with E-state index in [0.29, 0.717) is 5.56 Å². The highest BCUT2D eigenvalue weighted by Crippen LogP contribution is 2.09. The molecule has 1 aromatic carbocycles. The molecule has 0 aliphatic heterocycles. The smallest absolute Gasteiger partial charge is 0.116 e. The first kappa shape index (κ1) is 6.11. The Morgan fingerprint density at radius 3 is 2.67 bits per heavy atom. The SMILES string of the molecule is OCc1c[c]cc(O)c1. The molecule has 2 N–H and O–H groups in total. The number of hydrogen-bond donors (Lipinski definition) is 2. The van der Waals surface area contributed by atoms with Crippen LogP contribution >= 0.6 is 0 Å². The first-order chi connectivity index (χ1) is 4.33. The van der Waals surface area contributed by atoms with Crippen LogP contribution in [0.2, 0.25) is 0 Å². The number of aliphatic hydroxyl groups excluding tert-OH is 1. The Morgan fingerprint density at radius 2 is 2.22 bits per heavy atom. The lowest BCUT2D eigenvalue weighted by Crippen LogP contribution is -1.79. The van der Waals surface area contributed by atoms with Crippen molar-refractivity contribution in [2.75, 3.05) is 0 Å². The molecule has 1 rings (SSSR count). The Hall–Kier alpha value is -1.02. The lowest BCUT2D eigenvalue weighted by Gasteiger charge is -1.93. The molecule has 0 unspecified atom stereocenters. The van der Waals surface area contributed by atoms with Gasteiger partial charge in [0, 0.05) is 0 Å². The van der Waals surface area contributed by atoms with Crippen LogP contribution in [0.5, 0.6) is 5.75 Å². The Morgan fingerprint density at radius 1 is 1.44 bits per heavy atom. The molecule has 0 saturated heterocycles. The molecule has 0 aromatic heterocycles. The summed E-state index contributed by atoms with van der Waals surface area (Å²) in [4.78, 5) is 0. The summed E-state index contributed by atoms with van der Waals surface area (Å²) in [6, 6.07) is 7.24. The van der Waals surface area contributed by atoms with Crippen molar-refractivity contribution in [1.29, 1.82) is 0 Å². The third kappa shape index (κ3) is 1.44. The van der Waals surface area contributed by atoms with Crippen LogP contribution < -0.4 is 0 Å². The lowest BCUT2D eigenvalue weighted by atomic mass is 10.2. The highest BCUT2D eigenvalue weighted by Gasteiger charge is 1.89. The molecule has 0 heterocycles. The van der Waals surface area contributed by atoms with Crippen molar-refractivity contribution >= 4 is 0 Å². The van der Waals surface area contributed by atoms with Gasteiger partial charge in [-0.05, 0) is 29.8 Å².